The maximum absolute atomic E-state index is 10.1. The maximum atomic E-state index is 10.1. The molecule has 0 spiro atoms. The van der Waals surface area contributed by atoms with Crippen molar-refractivity contribution >= 4 is 5.97 Å². The summed E-state index contributed by atoms with van der Waals surface area (Å²) in [6, 6.07) is 0. The Morgan fingerprint density at radius 3 is 2.40 bits per heavy atom. The van der Waals surface area contributed by atoms with Crippen molar-refractivity contribution in [2.45, 2.75) is 20.0 Å². The molecule has 58 valence electrons. The normalized spacial score (nSPS) is 17.1. The number of carboxylic acids is 1. The minimum Gasteiger partial charge on any atom is -0.479 e. The predicted octanol–water partition coefficient (Wildman–Crippen LogP) is 0.644. The number of aliphatic carboxylic acids is 1. The SMILES string of the molecule is CC=C[C@@H](C)[C@@H](O)C(=O)O. The second kappa shape index (κ2) is 4.06. The van der Waals surface area contributed by atoms with Crippen LogP contribution < -0.4 is 0 Å². The molecule has 0 aromatic heterocycles. The van der Waals surface area contributed by atoms with Crippen molar-refractivity contribution in [3.8, 4) is 0 Å². The van der Waals surface area contributed by atoms with Gasteiger partial charge in [0.1, 0.15) is 0 Å². The third-order valence-corrected chi connectivity index (χ3v) is 1.25. The van der Waals surface area contributed by atoms with Crippen LogP contribution in [-0.4, -0.2) is 22.3 Å². The topological polar surface area (TPSA) is 57.5 Å². The van der Waals surface area contributed by atoms with Crippen LogP contribution in [0.4, 0.5) is 0 Å². The summed E-state index contributed by atoms with van der Waals surface area (Å²) < 4.78 is 0. The lowest BCUT2D eigenvalue weighted by Gasteiger charge is -2.08. The van der Waals surface area contributed by atoms with Crippen molar-refractivity contribution in [3.05, 3.63) is 12.2 Å². The summed E-state index contributed by atoms with van der Waals surface area (Å²) in [7, 11) is 0. The fourth-order valence-corrected chi connectivity index (χ4v) is 0.634. The zero-order valence-corrected chi connectivity index (χ0v) is 6.11. The minimum atomic E-state index is -1.28. The van der Waals surface area contributed by atoms with Gasteiger partial charge in [-0.2, -0.15) is 0 Å². The highest BCUT2D eigenvalue weighted by molar-refractivity contribution is 5.72. The van der Waals surface area contributed by atoms with E-state index in [2.05, 4.69) is 0 Å². The Bertz CT molecular complexity index is 140. The summed E-state index contributed by atoms with van der Waals surface area (Å²) >= 11 is 0. The fourth-order valence-electron chi connectivity index (χ4n) is 0.634. The molecule has 0 aliphatic rings. The average Bonchev–Trinajstić information content (AvgIpc) is 1.87. The van der Waals surface area contributed by atoms with Crippen LogP contribution in [0, 0.1) is 5.92 Å². The van der Waals surface area contributed by atoms with Gasteiger partial charge in [0.15, 0.2) is 6.10 Å². The lowest BCUT2D eigenvalue weighted by atomic mass is 10.1. The van der Waals surface area contributed by atoms with Crippen molar-refractivity contribution < 1.29 is 15.0 Å². The van der Waals surface area contributed by atoms with Gasteiger partial charge in [-0.1, -0.05) is 19.1 Å². The van der Waals surface area contributed by atoms with Crippen LogP contribution in [0.1, 0.15) is 13.8 Å². The van der Waals surface area contributed by atoms with Gasteiger partial charge in [-0.05, 0) is 6.92 Å². The molecule has 0 rings (SSSR count). The molecule has 3 heteroatoms. The van der Waals surface area contributed by atoms with E-state index in [4.69, 9.17) is 10.2 Å². The van der Waals surface area contributed by atoms with E-state index in [0.717, 1.165) is 0 Å². The van der Waals surface area contributed by atoms with Crippen LogP contribution >= 0.6 is 0 Å². The van der Waals surface area contributed by atoms with Gasteiger partial charge in [-0.3, -0.25) is 0 Å². The van der Waals surface area contributed by atoms with Crippen molar-refractivity contribution in [2.24, 2.45) is 5.92 Å². The molecule has 0 aromatic rings. The lowest BCUT2D eigenvalue weighted by molar-refractivity contribution is -0.148. The lowest BCUT2D eigenvalue weighted by Crippen LogP contribution is -2.25. The van der Waals surface area contributed by atoms with Gasteiger partial charge in [0, 0.05) is 5.92 Å². The summed E-state index contributed by atoms with van der Waals surface area (Å²) in [5.74, 6) is -1.49. The van der Waals surface area contributed by atoms with Crippen LogP contribution in [0.3, 0.4) is 0 Å². The van der Waals surface area contributed by atoms with Gasteiger partial charge in [-0.25, -0.2) is 4.79 Å². The van der Waals surface area contributed by atoms with E-state index in [1.807, 2.05) is 0 Å². The first-order chi connectivity index (χ1) is 4.59. The Kier molecular flexibility index (Phi) is 3.72. The molecule has 0 heterocycles. The zero-order valence-electron chi connectivity index (χ0n) is 6.11. The molecule has 0 saturated heterocycles. The van der Waals surface area contributed by atoms with E-state index in [9.17, 15) is 4.79 Å². The number of aliphatic hydroxyl groups is 1. The monoisotopic (exact) mass is 144 g/mol. The molecule has 0 bridgehead atoms. The summed E-state index contributed by atoms with van der Waals surface area (Å²) in [4.78, 5) is 10.1. The molecule has 0 amide bonds. The molecule has 2 atom stereocenters. The van der Waals surface area contributed by atoms with E-state index < -0.39 is 12.1 Å². The molecular weight excluding hydrogens is 132 g/mol. The molecule has 0 fully saturated rings. The summed E-state index contributed by atoms with van der Waals surface area (Å²) in [6.45, 7) is 3.43. The Morgan fingerprint density at radius 1 is 1.60 bits per heavy atom. The summed E-state index contributed by atoms with van der Waals surface area (Å²) in [5, 5.41) is 17.2. The van der Waals surface area contributed by atoms with Gasteiger partial charge in [-0.15, -0.1) is 0 Å². The highest BCUT2D eigenvalue weighted by Crippen LogP contribution is 2.03. The van der Waals surface area contributed by atoms with Crippen LogP contribution in [0.2, 0.25) is 0 Å². The highest BCUT2D eigenvalue weighted by atomic mass is 16.4. The average molecular weight is 144 g/mol. The smallest absolute Gasteiger partial charge is 0.333 e. The molecular formula is C7H12O3. The van der Waals surface area contributed by atoms with Gasteiger partial charge in [0.05, 0.1) is 0 Å². The van der Waals surface area contributed by atoms with E-state index in [-0.39, 0.29) is 5.92 Å². The molecule has 0 aliphatic heterocycles. The molecule has 10 heavy (non-hydrogen) atoms. The Labute approximate surface area is 60.0 Å². The summed E-state index contributed by atoms with van der Waals surface area (Å²) in [6.07, 6.45) is 2.09. The number of carboxylic acid groups (broad SMARTS) is 1. The van der Waals surface area contributed by atoms with Crippen molar-refractivity contribution in [3.63, 3.8) is 0 Å². The van der Waals surface area contributed by atoms with E-state index >= 15 is 0 Å². The first-order valence-corrected chi connectivity index (χ1v) is 3.13. The molecule has 0 radical (unpaired) electrons. The zero-order chi connectivity index (χ0) is 8.15. The van der Waals surface area contributed by atoms with Crippen LogP contribution in [0.5, 0.6) is 0 Å². The van der Waals surface area contributed by atoms with E-state index in [1.165, 1.54) is 0 Å². The van der Waals surface area contributed by atoms with Gasteiger partial charge < -0.3 is 10.2 Å². The molecule has 0 aromatic carbocycles. The Balaban J connectivity index is 3.93. The molecule has 3 nitrogen and oxygen atoms in total. The number of rotatable bonds is 3. The predicted molar refractivity (Wildman–Crippen MR) is 37.6 cm³/mol. The number of carbonyl (C=O) groups is 1. The van der Waals surface area contributed by atoms with Crippen LogP contribution in [0.15, 0.2) is 12.2 Å². The highest BCUT2D eigenvalue weighted by Gasteiger charge is 2.18. The van der Waals surface area contributed by atoms with Gasteiger partial charge in [0.25, 0.3) is 0 Å². The first kappa shape index (κ1) is 9.17. The van der Waals surface area contributed by atoms with Crippen LogP contribution in [0.25, 0.3) is 0 Å². The van der Waals surface area contributed by atoms with Gasteiger partial charge in [0.2, 0.25) is 0 Å². The van der Waals surface area contributed by atoms with E-state index in [0.29, 0.717) is 0 Å². The number of aliphatic hydroxyl groups excluding tert-OH is 1. The molecule has 2 N–H and O–H groups in total. The standard InChI is InChI=1S/C7H12O3/c1-3-4-5(2)6(8)7(9)10/h3-6,8H,1-2H3,(H,9,10)/t5-,6-/m1/s1. The third kappa shape index (κ3) is 2.64. The van der Waals surface area contributed by atoms with Crippen molar-refractivity contribution in [1.82, 2.24) is 0 Å². The maximum Gasteiger partial charge on any atom is 0.333 e. The quantitative estimate of drug-likeness (QED) is 0.571. The third-order valence-electron chi connectivity index (χ3n) is 1.25. The van der Waals surface area contributed by atoms with Crippen molar-refractivity contribution in [2.75, 3.05) is 0 Å². The first-order valence-electron chi connectivity index (χ1n) is 3.13. The second-order valence-electron chi connectivity index (χ2n) is 2.17. The molecule has 0 saturated carbocycles. The fraction of sp³-hybridized carbons (Fsp3) is 0.571. The second-order valence-corrected chi connectivity index (χ2v) is 2.17. The summed E-state index contributed by atoms with van der Waals surface area (Å²) in [5.41, 5.74) is 0. The Hall–Kier alpha value is -0.830. The number of allylic oxidation sites excluding steroid dienone is 1. The van der Waals surface area contributed by atoms with Crippen molar-refractivity contribution in [1.29, 1.82) is 0 Å². The van der Waals surface area contributed by atoms with E-state index in [1.54, 1.807) is 26.0 Å². The van der Waals surface area contributed by atoms with Gasteiger partial charge >= 0.3 is 5.97 Å². The minimum absolute atomic E-state index is 0.317. The Morgan fingerprint density at radius 2 is 2.10 bits per heavy atom. The number of hydrogen-bond donors (Lipinski definition) is 2. The molecule has 0 aliphatic carbocycles. The van der Waals surface area contributed by atoms with Crippen LogP contribution in [-0.2, 0) is 4.79 Å². The molecule has 0 unspecified atom stereocenters. The number of hydrogen-bond acceptors (Lipinski definition) is 2. The largest absolute Gasteiger partial charge is 0.479 e.